The quantitative estimate of drug-likeness (QED) is 0.655. The molecular weight excluding hydrogens is 180 g/mol. The van der Waals surface area contributed by atoms with Crippen LogP contribution in [0.1, 0.15) is 25.7 Å². The normalized spacial score (nSPS) is 10.4. The van der Waals surface area contributed by atoms with Crippen LogP contribution in [0.5, 0.6) is 6.01 Å². The Balaban J connectivity index is 1.99. The minimum atomic E-state index is 0.464. The standard InChI is InChI=1S/C9H18N4O/c1-13-8-11-9(12-13)14-7-5-3-2-4-6-10/h8H,2-7,10H2,1H3. The summed E-state index contributed by atoms with van der Waals surface area (Å²) >= 11 is 0. The van der Waals surface area contributed by atoms with Crippen LogP contribution in [0.25, 0.3) is 0 Å². The minimum absolute atomic E-state index is 0.464. The maximum atomic E-state index is 5.38. The van der Waals surface area contributed by atoms with Gasteiger partial charge in [0.15, 0.2) is 0 Å². The second-order valence-electron chi connectivity index (χ2n) is 3.25. The average molecular weight is 198 g/mol. The Labute approximate surface area is 84.3 Å². The van der Waals surface area contributed by atoms with E-state index < -0.39 is 0 Å². The highest BCUT2D eigenvalue weighted by molar-refractivity contribution is 4.86. The zero-order chi connectivity index (χ0) is 10.2. The summed E-state index contributed by atoms with van der Waals surface area (Å²) in [5, 5.41) is 4.01. The van der Waals surface area contributed by atoms with Crippen molar-refractivity contribution in [2.75, 3.05) is 13.2 Å². The predicted octanol–water partition coefficient (Wildman–Crippen LogP) is 0.713. The molecule has 0 bridgehead atoms. The molecule has 0 amide bonds. The zero-order valence-electron chi connectivity index (χ0n) is 8.65. The van der Waals surface area contributed by atoms with E-state index in [1.807, 2.05) is 7.05 Å². The van der Waals surface area contributed by atoms with Gasteiger partial charge < -0.3 is 10.5 Å². The van der Waals surface area contributed by atoms with Crippen LogP contribution in [0.2, 0.25) is 0 Å². The van der Waals surface area contributed by atoms with Crippen molar-refractivity contribution in [1.29, 1.82) is 0 Å². The molecule has 0 spiro atoms. The van der Waals surface area contributed by atoms with Crippen LogP contribution in [-0.2, 0) is 7.05 Å². The van der Waals surface area contributed by atoms with Crippen LogP contribution in [0, 0.1) is 0 Å². The van der Waals surface area contributed by atoms with Gasteiger partial charge in [0.05, 0.1) is 6.61 Å². The third-order valence-corrected chi connectivity index (χ3v) is 1.91. The van der Waals surface area contributed by atoms with Crippen molar-refractivity contribution >= 4 is 0 Å². The maximum Gasteiger partial charge on any atom is 0.335 e. The molecule has 2 N–H and O–H groups in total. The van der Waals surface area contributed by atoms with Crippen molar-refractivity contribution in [1.82, 2.24) is 14.8 Å². The van der Waals surface area contributed by atoms with Gasteiger partial charge in [0, 0.05) is 7.05 Å². The molecule has 5 heteroatoms. The van der Waals surface area contributed by atoms with E-state index in [1.54, 1.807) is 11.0 Å². The fourth-order valence-corrected chi connectivity index (χ4v) is 1.15. The fraction of sp³-hybridized carbons (Fsp3) is 0.778. The van der Waals surface area contributed by atoms with Gasteiger partial charge in [0.25, 0.3) is 0 Å². The first-order valence-corrected chi connectivity index (χ1v) is 5.01. The molecule has 0 saturated carbocycles. The molecule has 1 rings (SSSR count). The summed E-state index contributed by atoms with van der Waals surface area (Å²) in [6.07, 6.45) is 6.10. The number of hydrogen-bond acceptors (Lipinski definition) is 4. The lowest BCUT2D eigenvalue weighted by Gasteiger charge is -2.00. The molecule has 1 heterocycles. The molecule has 0 radical (unpaired) electrons. The van der Waals surface area contributed by atoms with Crippen LogP contribution in [0.15, 0.2) is 6.33 Å². The monoisotopic (exact) mass is 198 g/mol. The van der Waals surface area contributed by atoms with Crippen LogP contribution >= 0.6 is 0 Å². The van der Waals surface area contributed by atoms with E-state index in [1.165, 1.54) is 6.42 Å². The zero-order valence-corrected chi connectivity index (χ0v) is 8.65. The highest BCUT2D eigenvalue weighted by Crippen LogP contribution is 2.02. The Morgan fingerprint density at radius 3 is 2.79 bits per heavy atom. The third-order valence-electron chi connectivity index (χ3n) is 1.91. The van der Waals surface area contributed by atoms with Gasteiger partial charge in [-0.1, -0.05) is 12.8 Å². The maximum absolute atomic E-state index is 5.38. The summed E-state index contributed by atoms with van der Waals surface area (Å²) < 4.78 is 6.96. The van der Waals surface area contributed by atoms with Gasteiger partial charge in [-0.15, -0.1) is 5.10 Å². The lowest BCUT2D eigenvalue weighted by molar-refractivity contribution is 0.281. The number of nitrogens with zero attached hydrogens (tertiary/aromatic N) is 3. The highest BCUT2D eigenvalue weighted by Gasteiger charge is 1.97. The molecule has 14 heavy (non-hydrogen) atoms. The van der Waals surface area contributed by atoms with E-state index in [2.05, 4.69) is 10.1 Å². The molecule has 0 saturated heterocycles. The molecule has 0 aliphatic carbocycles. The number of unbranched alkanes of at least 4 members (excludes halogenated alkanes) is 3. The Kier molecular flexibility index (Phi) is 4.99. The number of aromatic nitrogens is 3. The van der Waals surface area contributed by atoms with Gasteiger partial charge in [0.1, 0.15) is 6.33 Å². The third kappa shape index (κ3) is 4.23. The molecule has 0 atom stereocenters. The Hall–Kier alpha value is -1.10. The molecule has 80 valence electrons. The molecule has 0 fully saturated rings. The number of ether oxygens (including phenoxy) is 1. The smallest absolute Gasteiger partial charge is 0.335 e. The van der Waals surface area contributed by atoms with Gasteiger partial charge in [-0.2, -0.15) is 4.98 Å². The summed E-state index contributed by atoms with van der Waals surface area (Å²) in [6, 6.07) is 0.464. The predicted molar refractivity (Wildman–Crippen MR) is 54.0 cm³/mol. The van der Waals surface area contributed by atoms with E-state index >= 15 is 0 Å². The Morgan fingerprint density at radius 1 is 1.36 bits per heavy atom. The van der Waals surface area contributed by atoms with Crippen LogP contribution in [0.4, 0.5) is 0 Å². The minimum Gasteiger partial charge on any atom is -0.462 e. The SMILES string of the molecule is Cn1cnc(OCCCCCCN)n1. The summed E-state index contributed by atoms with van der Waals surface area (Å²) in [6.45, 7) is 1.47. The van der Waals surface area contributed by atoms with Crippen molar-refractivity contribution in [3.63, 3.8) is 0 Å². The van der Waals surface area contributed by atoms with Gasteiger partial charge in [-0.05, 0) is 19.4 Å². The first-order chi connectivity index (χ1) is 6.83. The highest BCUT2D eigenvalue weighted by atomic mass is 16.5. The molecular formula is C9H18N4O. The second kappa shape index (κ2) is 6.37. The fourth-order valence-electron chi connectivity index (χ4n) is 1.15. The number of rotatable bonds is 7. The van der Waals surface area contributed by atoms with E-state index in [0.29, 0.717) is 12.6 Å². The molecule has 5 nitrogen and oxygen atoms in total. The summed E-state index contributed by atoms with van der Waals surface area (Å²) in [7, 11) is 1.82. The molecule has 1 aromatic heterocycles. The Bertz CT molecular complexity index is 249. The first kappa shape index (κ1) is 11.0. The van der Waals surface area contributed by atoms with Crippen molar-refractivity contribution in [2.24, 2.45) is 12.8 Å². The summed E-state index contributed by atoms with van der Waals surface area (Å²) in [5.41, 5.74) is 5.38. The number of hydrogen-bond donors (Lipinski definition) is 1. The van der Waals surface area contributed by atoms with Gasteiger partial charge in [-0.25, -0.2) is 0 Å². The lowest BCUT2D eigenvalue weighted by atomic mass is 10.2. The van der Waals surface area contributed by atoms with E-state index in [4.69, 9.17) is 10.5 Å². The molecule has 0 aliphatic heterocycles. The lowest BCUT2D eigenvalue weighted by Crippen LogP contribution is -2.01. The van der Waals surface area contributed by atoms with E-state index in [0.717, 1.165) is 25.8 Å². The van der Waals surface area contributed by atoms with Crippen molar-refractivity contribution < 1.29 is 4.74 Å². The van der Waals surface area contributed by atoms with Crippen LogP contribution in [0.3, 0.4) is 0 Å². The van der Waals surface area contributed by atoms with Crippen LogP contribution < -0.4 is 10.5 Å². The van der Waals surface area contributed by atoms with Gasteiger partial charge >= 0.3 is 6.01 Å². The van der Waals surface area contributed by atoms with Gasteiger partial charge in [-0.3, -0.25) is 4.68 Å². The topological polar surface area (TPSA) is 66.0 Å². The van der Waals surface area contributed by atoms with Gasteiger partial charge in [0.2, 0.25) is 0 Å². The van der Waals surface area contributed by atoms with E-state index in [9.17, 15) is 0 Å². The number of nitrogens with two attached hydrogens (primary N) is 1. The van der Waals surface area contributed by atoms with E-state index in [-0.39, 0.29) is 0 Å². The average Bonchev–Trinajstić information content (AvgIpc) is 2.58. The van der Waals surface area contributed by atoms with Crippen molar-refractivity contribution in [2.45, 2.75) is 25.7 Å². The number of aryl methyl sites for hydroxylation is 1. The molecule has 0 unspecified atom stereocenters. The van der Waals surface area contributed by atoms with Crippen molar-refractivity contribution in [3.8, 4) is 6.01 Å². The molecule has 0 aliphatic rings. The molecule has 0 aromatic carbocycles. The summed E-state index contributed by atoms with van der Waals surface area (Å²) in [5.74, 6) is 0. The largest absolute Gasteiger partial charge is 0.462 e. The second-order valence-corrected chi connectivity index (χ2v) is 3.25. The molecule has 1 aromatic rings. The van der Waals surface area contributed by atoms with Crippen LogP contribution in [-0.4, -0.2) is 27.9 Å². The summed E-state index contributed by atoms with van der Waals surface area (Å²) in [4.78, 5) is 3.96. The van der Waals surface area contributed by atoms with Crippen molar-refractivity contribution in [3.05, 3.63) is 6.33 Å². The Morgan fingerprint density at radius 2 is 2.14 bits per heavy atom. The first-order valence-electron chi connectivity index (χ1n) is 5.01.